The van der Waals surface area contributed by atoms with Crippen molar-refractivity contribution in [1.82, 2.24) is 10.2 Å². The molecule has 0 saturated carbocycles. The van der Waals surface area contributed by atoms with Crippen LogP contribution in [0.1, 0.15) is 24.2 Å². The molecule has 0 spiro atoms. The molecule has 0 unspecified atom stereocenters. The number of hydrogen-bond donors (Lipinski definition) is 1. The van der Waals surface area contributed by atoms with Gasteiger partial charge in [0, 0.05) is 29.6 Å². The number of hydrogen-bond acceptors (Lipinski definition) is 7. The molecule has 128 valence electrons. The number of aromatic nitrogens is 2. The Morgan fingerprint density at radius 1 is 1.25 bits per heavy atom. The van der Waals surface area contributed by atoms with Crippen molar-refractivity contribution in [1.29, 1.82) is 0 Å². The highest BCUT2D eigenvalue weighted by Crippen LogP contribution is 2.28. The van der Waals surface area contributed by atoms with Crippen LogP contribution in [0.4, 0.5) is 10.8 Å². The molecule has 6 nitrogen and oxygen atoms in total. The van der Waals surface area contributed by atoms with Gasteiger partial charge in [-0.1, -0.05) is 36.9 Å². The SMILES string of the molecule is CC(C)Sc1nnc(NC(=O)c2ccc(N3CCOCC3)cc2)s1. The first kappa shape index (κ1) is 17.2. The Morgan fingerprint density at radius 2 is 1.96 bits per heavy atom. The Morgan fingerprint density at radius 3 is 2.62 bits per heavy atom. The fourth-order valence-electron chi connectivity index (χ4n) is 2.32. The molecule has 1 aromatic carbocycles. The van der Waals surface area contributed by atoms with E-state index in [4.69, 9.17) is 4.74 Å². The lowest BCUT2D eigenvalue weighted by Crippen LogP contribution is -2.36. The molecular formula is C16H20N4O2S2. The highest BCUT2D eigenvalue weighted by molar-refractivity contribution is 8.01. The highest BCUT2D eigenvalue weighted by Gasteiger charge is 2.14. The van der Waals surface area contributed by atoms with Crippen LogP contribution in [0.15, 0.2) is 28.6 Å². The summed E-state index contributed by atoms with van der Waals surface area (Å²) in [4.78, 5) is 14.6. The molecule has 1 aliphatic heterocycles. The van der Waals surface area contributed by atoms with Gasteiger partial charge in [0.05, 0.1) is 13.2 Å². The maximum absolute atomic E-state index is 12.3. The minimum absolute atomic E-state index is 0.166. The van der Waals surface area contributed by atoms with E-state index in [1.165, 1.54) is 11.3 Å². The first-order chi connectivity index (χ1) is 11.6. The number of benzene rings is 1. The maximum atomic E-state index is 12.3. The van der Waals surface area contributed by atoms with Gasteiger partial charge in [-0.25, -0.2) is 0 Å². The van der Waals surface area contributed by atoms with E-state index >= 15 is 0 Å². The van der Waals surface area contributed by atoms with E-state index in [1.807, 2.05) is 24.3 Å². The number of rotatable bonds is 5. The van der Waals surface area contributed by atoms with E-state index in [0.29, 0.717) is 15.9 Å². The standard InChI is InChI=1S/C16H20N4O2S2/c1-11(2)23-16-19-18-15(24-16)17-14(21)12-3-5-13(6-4-12)20-7-9-22-10-8-20/h3-6,11H,7-10H2,1-2H3,(H,17,18,21). The van der Waals surface area contributed by atoms with Crippen LogP contribution in [0.3, 0.4) is 0 Å². The second-order valence-corrected chi connectivity index (χ2v) is 8.44. The summed E-state index contributed by atoms with van der Waals surface area (Å²) >= 11 is 3.03. The minimum Gasteiger partial charge on any atom is -0.378 e. The Labute approximate surface area is 149 Å². The molecule has 1 saturated heterocycles. The van der Waals surface area contributed by atoms with E-state index in [9.17, 15) is 4.79 Å². The quantitative estimate of drug-likeness (QED) is 0.649. The third kappa shape index (κ3) is 4.46. The van der Waals surface area contributed by atoms with E-state index in [1.54, 1.807) is 11.8 Å². The van der Waals surface area contributed by atoms with Crippen LogP contribution in [0, 0.1) is 0 Å². The number of morpholine rings is 1. The van der Waals surface area contributed by atoms with Gasteiger partial charge in [0.1, 0.15) is 0 Å². The van der Waals surface area contributed by atoms with Gasteiger partial charge in [-0.05, 0) is 24.3 Å². The molecule has 24 heavy (non-hydrogen) atoms. The van der Waals surface area contributed by atoms with E-state index in [-0.39, 0.29) is 5.91 Å². The molecule has 1 N–H and O–H groups in total. The van der Waals surface area contributed by atoms with Crippen LogP contribution in [0.2, 0.25) is 0 Å². The predicted molar refractivity (Wildman–Crippen MR) is 98.3 cm³/mol. The lowest BCUT2D eigenvalue weighted by atomic mass is 10.2. The zero-order valence-corrected chi connectivity index (χ0v) is 15.3. The normalized spacial score (nSPS) is 14.9. The monoisotopic (exact) mass is 364 g/mol. The summed E-state index contributed by atoms with van der Waals surface area (Å²) in [5, 5.41) is 11.9. The number of nitrogens with zero attached hydrogens (tertiary/aromatic N) is 3. The molecule has 0 atom stereocenters. The minimum atomic E-state index is -0.166. The Bertz CT molecular complexity index is 682. The van der Waals surface area contributed by atoms with E-state index in [2.05, 4.69) is 34.3 Å². The smallest absolute Gasteiger partial charge is 0.257 e. The van der Waals surface area contributed by atoms with Crippen LogP contribution in [-0.2, 0) is 4.74 Å². The molecule has 3 rings (SSSR count). The van der Waals surface area contributed by atoms with Gasteiger partial charge < -0.3 is 9.64 Å². The van der Waals surface area contributed by atoms with Crippen molar-refractivity contribution in [3.8, 4) is 0 Å². The first-order valence-electron chi connectivity index (χ1n) is 7.86. The van der Waals surface area contributed by atoms with Crippen molar-refractivity contribution in [2.45, 2.75) is 23.4 Å². The van der Waals surface area contributed by atoms with Crippen molar-refractivity contribution in [3.05, 3.63) is 29.8 Å². The number of nitrogens with one attached hydrogen (secondary N) is 1. The predicted octanol–water partition coefficient (Wildman–Crippen LogP) is 3.13. The molecule has 1 aliphatic rings. The summed E-state index contributed by atoms with van der Waals surface area (Å²) in [5.41, 5.74) is 1.72. The maximum Gasteiger partial charge on any atom is 0.257 e. The number of carbonyl (C=O) groups is 1. The van der Waals surface area contributed by atoms with Crippen LogP contribution < -0.4 is 10.2 Å². The van der Waals surface area contributed by atoms with Gasteiger partial charge in [-0.15, -0.1) is 10.2 Å². The average Bonchev–Trinajstić information content (AvgIpc) is 3.02. The number of amides is 1. The van der Waals surface area contributed by atoms with Crippen LogP contribution in [-0.4, -0.2) is 47.7 Å². The fourth-order valence-corrected chi connectivity index (χ4v) is 4.29. The average molecular weight is 364 g/mol. The third-order valence-corrected chi connectivity index (χ3v) is 5.40. The van der Waals surface area contributed by atoms with Crippen molar-refractivity contribution < 1.29 is 9.53 Å². The van der Waals surface area contributed by atoms with Crippen molar-refractivity contribution in [2.24, 2.45) is 0 Å². The van der Waals surface area contributed by atoms with Crippen molar-refractivity contribution >= 4 is 39.8 Å². The Kier molecular flexibility index (Phi) is 5.70. The van der Waals surface area contributed by atoms with Gasteiger partial charge >= 0.3 is 0 Å². The first-order valence-corrected chi connectivity index (χ1v) is 9.56. The molecule has 1 aromatic heterocycles. The molecule has 0 bridgehead atoms. The van der Waals surface area contributed by atoms with Crippen LogP contribution >= 0.6 is 23.1 Å². The van der Waals surface area contributed by atoms with Gasteiger partial charge in [0.2, 0.25) is 5.13 Å². The lowest BCUT2D eigenvalue weighted by molar-refractivity contribution is 0.102. The zero-order valence-electron chi connectivity index (χ0n) is 13.7. The molecule has 1 fully saturated rings. The Balaban J connectivity index is 1.61. The molecule has 1 amide bonds. The summed E-state index contributed by atoms with van der Waals surface area (Å²) in [6.45, 7) is 7.45. The summed E-state index contributed by atoms with van der Waals surface area (Å²) in [5.74, 6) is -0.166. The summed E-state index contributed by atoms with van der Waals surface area (Å²) < 4.78 is 6.22. The van der Waals surface area contributed by atoms with Crippen LogP contribution in [0.5, 0.6) is 0 Å². The summed E-state index contributed by atoms with van der Waals surface area (Å²) in [6.07, 6.45) is 0. The third-order valence-electron chi connectivity index (χ3n) is 3.47. The molecule has 2 heterocycles. The molecule has 0 aliphatic carbocycles. The highest BCUT2D eigenvalue weighted by atomic mass is 32.2. The molecular weight excluding hydrogens is 344 g/mol. The summed E-state index contributed by atoms with van der Waals surface area (Å²) in [7, 11) is 0. The van der Waals surface area contributed by atoms with Gasteiger partial charge in [-0.3, -0.25) is 10.1 Å². The Hall–Kier alpha value is -1.64. The molecule has 0 radical (unpaired) electrons. The van der Waals surface area contributed by atoms with E-state index < -0.39 is 0 Å². The topological polar surface area (TPSA) is 67.4 Å². The van der Waals surface area contributed by atoms with Crippen LogP contribution in [0.25, 0.3) is 0 Å². The molecule has 8 heteroatoms. The number of carbonyl (C=O) groups excluding carboxylic acids is 1. The summed E-state index contributed by atoms with van der Waals surface area (Å²) in [6, 6.07) is 7.62. The van der Waals surface area contributed by atoms with Gasteiger partial charge in [0.25, 0.3) is 5.91 Å². The largest absolute Gasteiger partial charge is 0.378 e. The van der Waals surface area contributed by atoms with Crippen molar-refractivity contribution in [3.63, 3.8) is 0 Å². The fraction of sp³-hybridized carbons (Fsp3) is 0.438. The van der Waals surface area contributed by atoms with Gasteiger partial charge in [-0.2, -0.15) is 0 Å². The number of thioether (sulfide) groups is 1. The second kappa shape index (κ2) is 7.96. The second-order valence-electron chi connectivity index (χ2n) is 5.64. The van der Waals surface area contributed by atoms with Crippen molar-refractivity contribution in [2.75, 3.05) is 36.5 Å². The van der Waals surface area contributed by atoms with Gasteiger partial charge in [0.15, 0.2) is 4.34 Å². The lowest BCUT2D eigenvalue weighted by Gasteiger charge is -2.28. The zero-order chi connectivity index (χ0) is 16.9. The molecule has 2 aromatic rings. The number of ether oxygens (including phenoxy) is 1. The van der Waals surface area contributed by atoms with E-state index in [0.717, 1.165) is 36.3 Å². The number of anilines is 2.